The fourth-order valence-electron chi connectivity index (χ4n) is 6.50. The Labute approximate surface area is 255 Å². The lowest BCUT2D eigenvalue weighted by Crippen LogP contribution is -2.11. The molecule has 0 saturated carbocycles. The first-order chi connectivity index (χ1) is 21.4. The third-order valence-corrected chi connectivity index (χ3v) is 8.70. The molecule has 0 N–H and O–H groups in total. The molecular weight excluding hydrogens is 559 g/mol. The van der Waals surface area contributed by atoms with Crippen molar-refractivity contribution in [1.29, 1.82) is 0 Å². The second-order valence-corrected chi connectivity index (χ2v) is 11.2. The molecule has 7 rings (SSSR count). The van der Waals surface area contributed by atoms with E-state index in [0.717, 1.165) is 59.9 Å². The number of ether oxygens (including phenoxy) is 2. The summed E-state index contributed by atoms with van der Waals surface area (Å²) in [4.78, 5) is 4.01. The van der Waals surface area contributed by atoms with E-state index in [2.05, 4.69) is 41.4 Å². The van der Waals surface area contributed by atoms with Gasteiger partial charge in [0.15, 0.2) is 0 Å². The predicted octanol–water partition coefficient (Wildman–Crippen LogP) is 10.3. The lowest BCUT2D eigenvalue weighted by Gasteiger charge is -2.27. The van der Waals surface area contributed by atoms with Gasteiger partial charge in [0.05, 0.1) is 25.2 Å². The number of methoxy groups -OCH3 is 2. The van der Waals surface area contributed by atoms with Crippen LogP contribution in [-0.2, 0) is 19.0 Å². The standard InChI is InChI=1S/C29H27F3O2.C9H7N/c1-33-26-8-4-7-24-23-16-15-21-19(12-9-18-10-13-20(14-11-18)29(30,31)32)5-3-6-22(21)25(23)17-27(34-2)28(24)26;1-2-4-9-7-10-6-5-8(9)3-1/h4,7-8,10-11,13-17,19H,3,5-6,9,12H2,1-2H3;1-7H/t19-;/m0./s1. The molecule has 0 amide bonds. The van der Waals surface area contributed by atoms with Gasteiger partial charge in [0, 0.05) is 12.4 Å². The molecule has 3 nitrogen and oxygen atoms in total. The zero-order valence-electron chi connectivity index (χ0n) is 24.8. The maximum Gasteiger partial charge on any atom is 0.416 e. The molecule has 0 spiro atoms. The van der Waals surface area contributed by atoms with Crippen molar-refractivity contribution in [2.45, 2.75) is 44.2 Å². The van der Waals surface area contributed by atoms with E-state index in [1.807, 2.05) is 42.7 Å². The Kier molecular flexibility index (Phi) is 8.42. The molecule has 0 fully saturated rings. The summed E-state index contributed by atoms with van der Waals surface area (Å²) >= 11 is 0. The fourth-order valence-corrected chi connectivity index (χ4v) is 6.50. The summed E-state index contributed by atoms with van der Waals surface area (Å²) in [7, 11) is 3.36. The van der Waals surface area contributed by atoms with Crippen molar-refractivity contribution in [3.8, 4) is 11.5 Å². The minimum Gasteiger partial charge on any atom is -0.496 e. The van der Waals surface area contributed by atoms with E-state index in [0.29, 0.717) is 5.92 Å². The average molecular weight is 594 g/mol. The Morgan fingerprint density at radius 3 is 2.27 bits per heavy atom. The first-order valence-corrected chi connectivity index (χ1v) is 14.9. The molecule has 0 aliphatic heterocycles. The number of rotatable bonds is 5. The van der Waals surface area contributed by atoms with E-state index in [-0.39, 0.29) is 0 Å². The second kappa shape index (κ2) is 12.6. The largest absolute Gasteiger partial charge is 0.496 e. The van der Waals surface area contributed by atoms with Crippen LogP contribution in [0.1, 0.15) is 47.4 Å². The highest BCUT2D eigenvalue weighted by atomic mass is 19.4. The summed E-state index contributed by atoms with van der Waals surface area (Å²) in [6.07, 6.45) is 4.28. The van der Waals surface area contributed by atoms with Crippen LogP contribution in [0.5, 0.6) is 11.5 Å². The van der Waals surface area contributed by atoms with E-state index >= 15 is 0 Å². The van der Waals surface area contributed by atoms with Crippen molar-refractivity contribution in [2.24, 2.45) is 0 Å². The van der Waals surface area contributed by atoms with Crippen molar-refractivity contribution in [3.63, 3.8) is 0 Å². The molecule has 5 aromatic carbocycles. The van der Waals surface area contributed by atoms with Gasteiger partial charge < -0.3 is 9.47 Å². The summed E-state index contributed by atoms with van der Waals surface area (Å²) in [5, 5.41) is 6.95. The van der Waals surface area contributed by atoms with Crippen LogP contribution in [-0.4, -0.2) is 19.2 Å². The van der Waals surface area contributed by atoms with Crippen LogP contribution in [0.2, 0.25) is 0 Å². The molecular formula is C38H34F3NO2. The topological polar surface area (TPSA) is 31.4 Å². The highest BCUT2D eigenvalue weighted by molar-refractivity contribution is 6.13. The van der Waals surface area contributed by atoms with Gasteiger partial charge in [-0.15, -0.1) is 0 Å². The minimum absolute atomic E-state index is 0.391. The number of fused-ring (bicyclic) bond motifs is 6. The Hall–Kier alpha value is -4.58. The van der Waals surface area contributed by atoms with Crippen molar-refractivity contribution >= 4 is 32.3 Å². The lowest BCUT2D eigenvalue weighted by molar-refractivity contribution is -0.137. The van der Waals surface area contributed by atoms with Gasteiger partial charge in [-0.3, -0.25) is 4.98 Å². The summed E-state index contributed by atoms with van der Waals surface area (Å²) in [5.41, 5.74) is 3.07. The summed E-state index contributed by atoms with van der Waals surface area (Å²) in [5.74, 6) is 1.99. The van der Waals surface area contributed by atoms with Gasteiger partial charge in [-0.2, -0.15) is 13.2 Å². The SMILES string of the molecule is COc1cccc2c1c(OC)cc1c3c(ccc12)[C@H](CCc1ccc(C(F)(F)F)cc1)CCC3.c1ccc2cnccc2c1. The number of benzene rings is 5. The number of pyridine rings is 1. The quantitative estimate of drug-likeness (QED) is 0.186. The number of nitrogens with zero attached hydrogens (tertiary/aromatic N) is 1. The van der Waals surface area contributed by atoms with E-state index in [9.17, 15) is 13.2 Å². The van der Waals surface area contributed by atoms with Gasteiger partial charge >= 0.3 is 6.18 Å². The molecule has 6 heteroatoms. The number of aromatic nitrogens is 1. The molecule has 1 aliphatic rings. The maximum atomic E-state index is 12.9. The van der Waals surface area contributed by atoms with Gasteiger partial charge in [-0.25, -0.2) is 0 Å². The molecule has 0 unspecified atom stereocenters. The van der Waals surface area contributed by atoms with E-state index in [1.54, 1.807) is 26.4 Å². The van der Waals surface area contributed by atoms with Gasteiger partial charge in [-0.05, 0) is 112 Å². The number of hydrogen-bond donors (Lipinski definition) is 0. The van der Waals surface area contributed by atoms with Gasteiger partial charge in [0.2, 0.25) is 0 Å². The van der Waals surface area contributed by atoms with Crippen molar-refractivity contribution in [3.05, 3.63) is 126 Å². The highest BCUT2D eigenvalue weighted by Gasteiger charge is 2.30. The zero-order valence-corrected chi connectivity index (χ0v) is 24.8. The molecule has 0 saturated heterocycles. The molecule has 1 aromatic heterocycles. The Morgan fingerprint density at radius 1 is 0.773 bits per heavy atom. The van der Waals surface area contributed by atoms with Crippen LogP contribution < -0.4 is 9.47 Å². The van der Waals surface area contributed by atoms with E-state index in [4.69, 9.17) is 9.47 Å². The monoisotopic (exact) mass is 593 g/mol. The molecule has 0 bridgehead atoms. The average Bonchev–Trinajstić information content (AvgIpc) is 3.06. The highest BCUT2D eigenvalue weighted by Crippen LogP contribution is 2.44. The van der Waals surface area contributed by atoms with Crippen LogP contribution in [0.25, 0.3) is 32.3 Å². The Morgan fingerprint density at radius 2 is 1.55 bits per heavy atom. The van der Waals surface area contributed by atoms with Crippen molar-refractivity contribution in [1.82, 2.24) is 4.98 Å². The molecule has 1 heterocycles. The fraction of sp³-hybridized carbons (Fsp3) is 0.237. The first kappa shape index (κ1) is 29.5. The Balaban J connectivity index is 0.000000289. The molecule has 1 atom stereocenters. The van der Waals surface area contributed by atoms with E-state index < -0.39 is 11.7 Å². The molecule has 1 aliphatic carbocycles. The molecule has 0 radical (unpaired) electrons. The van der Waals surface area contributed by atoms with Crippen molar-refractivity contribution in [2.75, 3.05) is 14.2 Å². The minimum atomic E-state index is -4.29. The van der Waals surface area contributed by atoms with E-state index in [1.165, 1.54) is 44.8 Å². The summed E-state index contributed by atoms with van der Waals surface area (Å²) in [6.45, 7) is 0. The molecule has 224 valence electrons. The van der Waals surface area contributed by atoms with Crippen LogP contribution in [0.3, 0.4) is 0 Å². The maximum absolute atomic E-state index is 12.9. The van der Waals surface area contributed by atoms with Gasteiger partial charge in [0.1, 0.15) is 11.5 Å². The number of halogens is 3. The van der Waals surface area contributed by atoms with Crippen molar-refractivity contribution < 1.29 is 22.6 Å². The number of hydrogen-bond acceptors (Lipinski definition) is 3. The molecule has 6 aromatic rings. The lowest BCUT2D eigenvalue weighted by atomic mass is 9.77. The number of alkyl halides is 3. The van der Waals surface area contributed by atoms with Crippen LogP contribution in [0.4, 0.5) is 13.2 Å². The third-order valence-electron chi connectivity index (χ3n) is 8.70. The summed E-state index contributed by atoms with van der Waals surface area (Å²) < 4.78 is 50.0. The van der Waals surface area contributed by atoms with Crippen LogP contribution in [0, 0.1) is 0 Å². The second-order valence-electron chi connectivity index (χ2n) is 11.2. The molecule has 44 heavy (non-hydrogen) atoms. The summed E-state index contributed by atoms with van der Waals surface area (Å²) in [6, 6.07) is 28.4. The smallest absolute Gasteiger partial charge is 0.416 e. The Bertz CT molecular complexity index is 1850. The third kappa shape index (κ3) is 5.94. The van der Waals surface area contributed by atoms with Gasteiger partial charge in [-0.1, -0.05) is 60.7 Å². The van der Waals surface area contributed by atoms with Gasteiger partial charge in [0.25, 0.3) is 0 Å². The van der Waals surface area contributed by atoms with Crippen LogP contribution >= 0.6 is 0 Å². The van der Waals surface area contributed by atoms with Crippen LogP contribution in [0.15, 0.2) is 103 Å². The predicted molar refractivity (Wildman–Crippen MR) is 172 cm³/mol. The number of aryl methyl sites for hydroxylation is 2. The first-order valence-electron chi connectivity index (χ1n) is 14.9. The normalized spacial score (nSPS) is 14.6. The zero-order chi connectivity index (χ0) is 30.7.